The van der Waals surface area contributed by atoms with Crippen LogP contribution in [0.2, 0.25) is 10.0 Å². The van der Waals surface area contributed by atoms with Crippen LogP contribution in [0, 0.1) is 11.6 Å². The van der Waals surface area contributed by atoms with Gasteiger partial charge < -0.3 is 10.2 Å². The summed E-state index contributed by atoms with van der Waals surface area (Å²) < 4.78 is 87.5. The number of benzene rings is 3. The van der Waals surface area contributed by atoms with Crippen molar-refractivity contribution in [1.29, 1.82) is 0 Å². The van der Waals surface area contributed by atoms with E-state index in [2.05, 4.69) is 30.0 Å². The first kappa shape index (κ1) is 30.0. The first-order chi connectivity index (χ1) is 21.9. The van der Waals surface area contributed by atoms with E-state index >= 15 is 8.78 Å². The Morgan fingerprint density at radius 2 is 1.67 bits per heavy atom. The predicted molar refractivity (Wildman–Crippen MR) is 166 cm³/mol. The number of nitrogens with one attached hydrogen (secondary N) is 2. The standard InChI is InChI=1S/C29H18Cl2F4N8O2S/c30-15-3-1-6-21(23(15)31)46(44,45)41-17-8-7-16(32)25(24(17)33)40-28-26-18(36-13-37-28)9-10-22(39-26)43-14-38-27-19(4-2-5-20(27)43)42-11-29(34,35)12-42/h1-10,13-14,41H,11-12H2,(H,36,37,40). The molecule has 0 spiro atoms. The molecule has 3 aromatic heterocycles. The number of sulfonamides is 1. The Labute approximate surface area is 267 Å². The van der Waals surface area contributed by atoms with Crippen molar-refractivity contribution in [2.75, 3.05) is 28.0 Å². The van der Waals surface area contributed by atoms with Gasteiger partial charge in [0.1, 0.15) is 45.9 Å². The molecule has 3 aromatic carbocycles. The van der Waals surface area contributed by atoms with Crippen LogP contribution in [0.25, 0.3) is 27.9 Å². The molecule has 0 atom stereocenters. The van der Waals surface area contributed by atoms with E-state index in [4.69, 9.17) is 23.2 Å². The molecule has 0 bridgehead atoms. The molecule has 1 fully saturated rings. The number of pyridine rings is 1. The van der Waals surface area contributed by atoms with Gasteiger partial charge in [-0.1, -0.05) is 35.3 Å². The summed E-state index contributed by atoms with van der Waals surface area (Å²) in [6.45, 7) is -0.826. The molecule has 17 heteroatoms. The summed E-state index contributed by atoms with van der Waals surface area (Å²) in [6.07, 6.45) is 2.65. The number of aromatic nitrogens is 5. The van der Waals surface area contributed by atoms with Crippen LogP contribution >= 0.6 is 23.2 Å². The van der Waals surface area contributed by atoms with Crippen LogP contribution in [0.5, 0.6) is 0 Å². The molecule has 0 saturated carbocycles. The topological polar surface area (TPSA) is 118 Å². The van der Waals surface area contributed by atoms with Crippen LogP contribution < -0.4 is 14.9 Å². The van der Waals surface area contributed by atoms with E-state index in [1.165, 1.54) is 29.4 Å². The monoisotopic (exact) mass is 688 g/mol. The molecule has 6 aromatic rings. The molecule has 2 N–H and O–H groups in total. The van der Waals surface area contributed by atoms with Crippen molar-refractivity contribution in [1.82, 2.24) is 24.5 Å². The largest absolute Gasteiger partial charge is 0.357 e. The van der Waals surface area contributed by atoms with E-state index in [1.54, 1.807) is 34.9 Å². The number of hydrogen-bond donors (Lipinski definition) is 2. The van der Waals surface area contributed by atoms with Gasteiger partial charge in [-0.3, -0.25) is 9.29 Å². The van der Waals surface area contributed by atoms with Crippen molar-refractivity contribution in [3.8, 4) is 5.82 Å². The van der Waals surface area contributed by atoms with Crippen molar-refractivity contribution in [2.24, 2.45) is 0 Å². The number of hydrogen-bond acceptors (Lipinski definition) is 8. The van der Waals surface area contributed by atoms with Crippen LogP contribution in [0.1, 0.15) is 0 Å². The van der Waals surface area contributed by atoms with Crippen LogP contribution in [-0.4, -0.2) is 51.9 Å². The molecule has 0 amide bonds. The molecule has 1 aliphatic heterocycles. The third-order valence-electron chi connectivity index (χ3n) is 7.24. The highest BCUT2D eigenvalue weighted by molar-refractivity contribution is 7.92. The van der Waals surface area contributed by atoms with Crippen LogP contribution in [0.3, 0.4) is 0 Å². The summed E-state index contributed by atoms with van der Waals surface area (Å²) in [5.41, 5.74) is 0.778. The molecule has 0 aliphatic carbocycles. The zero-order valence-corrected chi connectivity index (χ0v) is 25.3. The minimum absolute atomic E-state index is 0.0288. The maximum Gasteiger partial charge on any atom is 0.282 e. The number of alkyl halides is 2. The number of fused-ring (bicyclic) bond motifs is 2. The van der Waals surface area contributed by atoms with Gasteiger partial charge in [0.25, 0.3) is 15.9 Å². The minimum Gasteiger partial charge on any atom is -0.357 e. The van der Waals surface area contributed by atoms with Gasteiger partial charge in [0, 0.05) is 0 Å². The molecule has 234 valence electrons. The number of rotatable bonds is 7. The van der Waals surface area contributed by atoms with E-state index in [0.29, 0.717) is 28.1 Å². The highest BCUT2D eigenvalue weighted by atomic mass is 35.5. The second-order valence-electron chi connectivity index (χ2n) is 10.3. The van der Waals surface area contributed by atoms with Gasteiger partial charge in [-0.05, 0) is 48.5 Å². The van der Waals surface area contributed by atoms with E-state index in [-0.39, 0.29) is 21.4 Å². The molecule has 46 heavy (non-hydrogen) atoms. The Morgan fingerprint density at radius 1 is 0.891 bits per heavy atom. The Bertz CT molecular complexity index is 2300. The van der Waals surface area contributed by atoms with Gasteiger partial charge >= 0.3 is 0 Å². The Kier molecular flexibility index (Phi) is 7.14. The number of nitrogens with zero attached hydrogens (tertiary/aromatic N) is 6. The highest BCUT2D eigenvalue weighted by Gasteiger charge is 2.44. The lowest BCUT2D eigenvalue weighted by Gasteiger charge is -2.40. The fraction of sp³-hybridized carbons (Fsp3) is 0.103. The number of anilines is 4. The van der Waals surface area contributed by atoms with Gasteiger partial charge in [0.05, 0.1) is 45.5 Å². The first-order valence-corrected chi connectivity index (χ1v) is 15.6. The third kappa shape index (κ3) is 5.19. The molecule has 1 saturated heterocycles. The second-order valence-corrected chi connectivity index (χ2v) is 12.7. The smallest absolute Gasteiger partial charge is 0.282 e. The number of imidazole rings is 1. The van der Waals surface area contributed by atoms with Gasteiger partial charge in [0.2, 0.25) is 0 Å². The third-order valence-corrected chi connectivity index (χ3v) is 9.58. The molecule has 0 radical (unpaired) electrons. The molecule has 4 heterocycles. The van der Waals surface area contributed by atoms with Gasteiger partial charge in [-0.2, -0.15) is 0 Å². The van der Waals surface area contributed by atoms with Crippen molar-refractivity contribution < 1.29 is 26.0 Å². The molecular weight excluding hydrogens is 671 g/mol. The van der Waals surface area contributed by atoms with Gasteiger partial charge in [-0.25, -0.2) is 45.9 Å². The fourth-order valence-electron chi connectivity index (χ4n) is 5.06. The molecular formula is C29H18Cl2F4N8O2S. The normalized spacial score (nSPS) is 14.4. The summed E-state index contributed by atoms with van der Waals surface area (Å²) in [4.78, 5) is 18.5. The fourth-order valence-corrected chi connectivity index (χ4v) is 6.88. The Balaban J connectivity index is 1.24. The van der Waals surface area contributed by atoms with Crippen molar-refractivity contribution >= 4 is 78.2 Å². The highest BCUT2D eigenvalue weighted by Crippen LogP contribution is 2.37. The first-order valence-electron chi connectivity index (χ1n) is 13.3. The summed E-state index contributed by atoms with van der Waals surface area (Å²) in [6, 6.07) is 14.1. The summed E-state index contributed by atoms with van der Waals surface area (Å²) in [7, 11) is -4.43. The number of para-hydroxylation sites is 1. The second kappa shape index (κ2) is 11.0. The maximum atomic E-state index is 15.7. The van der Waals surface area contributed by atoms with Crippen LogP contribution in [0.15, 0.2) is 78.2 Å². The molecule has 0 unspecified atom stereocenters. The number of halogens is 6. The van der Waals surface area contributed by atoms with E-state index in [9.17, 15) is 17.2 Å². The van der Waals surface area contributed by atoms with Gasteiger partial charge in [0.15, 0.2) is 11.6 Å². The Hall–Kier alpha value is -4.73. The van der Waals surface area contributed by atoms with Crippen LogP contribution in [-0.2, 0) is 10.0 Å². The Morgan fingerprint density at radius 3 is 2.46 bits per heavy atom. The van der Waals surface area contributed by atoms with Crippen molar-refractivity contribution in [2.45, 2.75) is 10.8 Å². The summed E-state index contributed by atoms with van der Waals surface area (Å²) in [5.74, 6) is -4.83. The van der Waals surface area contributed by atoms with E-state index < -0.39 is 56.9 Å². The lowest BCUT2D eigenvalue weighted by Crippen LogP contribution is -2.56. The van der Waals surface area contributed by atoms with Crippen molar-refractivity contribution in [3.05, 3.63) is 95.0 Å². The molecule has 7 rings (SSSR count). The van der Waals surface area contributed by atoms with Crippen molar-refractivity contribution in [3.63, 3.8) is 0 Å². The summed E-state index contributed by atoms with van der Waals surface area (Å²) >= 11 is 12.0. The average molecular weight is 689 g/mol. The predicted octanol–water partition coefficient (Wildman–Crippen LogP) is 6.95. The average Bonchev–Trinajstić information content (AvgIpc) is 3.45. The molecule has 10 nitrogen and oxygen atoms in total. The zero-order chi connectivity index (χ0) is 32.4. The quantitative estimate of drug-likeness (QED) is 0.173. The van der Waals surface area contributed by atoms with E-state index in [0.717, 1.165) is 18.5 Å². The summed E-state index contributed by atoms with van der Waals surface area (Å²) in [5, 5.41) is 2.28. The van der Waals surface area contributed by atoms with E-state index in [1.807, 2.05) is 0 Å². The lowest BCUT2D eigenvalue weighted by atomic mass is 10.1. The van der Waals surface area contributed by atoms with Crippen LogP contribution in [0.4, 0.5) is 40.4 Å². The lowest BCUT2D eigenvalue weighted by molar-refractivity contribution is -0.0261. The van der Waals surface area contributed by atoms with Gasteiger partial charge in [-0.15, -0.1) is 0 Å². The minimum atomic E-state index is -4.43. The maximum absolute atomic E-state index is 15.7. The SMILES string of the molecule is O=S(=O)(Nc1ccc(F)c(Nc2ncnc3ccc(-n4cnc5c(N6CC(F)(F)C6)cccc54)nc23)c1F)c1cccc(Cl)c1Cl. The molecule has 1 aliphatic rings. The zero-order valence-electron chi connectivity index (χ0n) is 23.0.